The Morgan fingerprint density at radius 3 is 2.61 bits per heavy atom. The van der Waals surface area contributed by atoms with Crippen molar-refractivity contribution < 1.29 is 9.59 Å². The third-order valence-corrected chi connectivity index (χ3v) is 7.03. The van der Waals surface area contributed by atoms with Gasteiger partial charge in [-0.2, -0.15) is 0 Å². The van der Waals surface area contributed by atoms with E-state index in [0.717, 1.165) is 28.1 Å². The minimum Gasteiger partial charge on any atom is -0.370 e. The number of nitrogens with one attached hydrogen (secondary N) is 2. The zero-order valence-electron chi connectivity index (χ0n) is 20.3. The standard InChI is InChI=1S/C31H23ClN4O2/c32-26-17-22(34-31(38)24-10-3-2-9-23(24)20-8-5-15-33-18-20)13-14-25(26)30(37)29-28-12-6-16-36(28)19-21-7-1-4-11-27(21)35-29/h1-18,29,35H,19H2,(H,34,38). The van der Waals surface area contributed by atoms with E-state index in [1.807, 2.05) is 66.9 Å². The molecule has 3 heterocycles. The molecule has 0 bridgehead atoms. The average molecular weight is 519 g/mol. The Hall–Kier alpha value is -4.68. The van der Waals surface area contributed by atoms with Gasteiger partial charge in [0, 0.05) is 58.9 Å². The molecular weight excluding hydrogens is 496 g/mol. The van der Waals surface area contributed by atoms with Gasteiger partial charge in [-0.15, -0.1) is 0 Å². The second-order valence-electron chi connectivity index (χ2n) is 9.10. The van der Waals surface area contributed by atoms with Crippen LogP contribution in [0.3, 0.4) is 0 Å². The van der Waals surface area contributed by atoms with Crippen LogP contribution in [0.5, 0.6) is 0 Å². The molecule has 1 amide bonds. The van der Waals surface area contributed by atoms with Crippen molar-refractivity contribution in [2.75, 3.05) is 10.6 Å². The number of anilines is 2. The summed E-state index contributed by atoms with van der Waals surface area (Å²) in [6, 6.07) is 27.3. The average Bonchev–Trinajstić information content (AvgIpc) is 3.34. The fraction of sp³-hybridized carbons (Fsp3) is 0.0645. The second-order valence-corrected chi connectivity index (χ2v) is 9.50. The number of hydrogen-bond donors (Lipinski definition) is 2. The monoisotopic (exact) mass is 518 g/mol. The number of aromatic nitrogens is 2. The third-order valence-electron chi connectivity index (χ3n) is 6.72. The van der Waals surface area contributed by atoms with Crippen LogP contribution >= 0.6 is 11.6 Å². The summed E-state index contributed by atoms with van der Waals surface area (Å²) in [5, 5.41) is 6.60. The van der Waals surface area contributed by atoms with Crippen LogP contribution in [0.15, 0.2) is 110 Å². The Kier molecular flexibility index (Phi) is 6.23. The molecule has 0 saturated heterocycles. The van der Waals surface area contributed by atoms with Crippen LogP contribution in [0.25, 0.3) is 11.1 Å². The number of para-hydroxylation sites is 1. The minimum absolute atomic E-state index is 0.147. The van der Waals surface area contributed by atoms with E-state index in [2.05, 4.69) is 26.3 Å². The van der Waals surface area contributed by atoms with E-state index in [9.17, 15) is 9.59 Å². The Morgan fingerprint density at radius 1 is 0.921 bits per heavy atom. The maximum atomic E-state index is 13.7. The number of rotatable bonds is 5. The van der Waals surface area contributed by atoms with Crippen LogP contribution in [0, 0.1) is 0 Å². The summed E-state index contributed by atoms with van der Waals surface area (Å²) >= 11 is 6.63. The van der Waals surface area contributed by atoms with E-state index >= 15 is 0 Å². The maximum Gasteiger partial charge on any atom is 0.256 e. The highest BCUT2D eigenvalue weighted by Gasteiger charge is 2.29. The van der Waals surface area contributed by atoms with E-state index in [0.29, 0.717) is 23.4 Å². The number of carbonyl (C=O) groups is 2. The van der Waals surface area contributed by atoms with E-state index in [4.69, 9.17) is 11.6 Å². The quantitative estimate of drug-likeness (QED) is 0.249. The van der Waals surface area contributed by atoms with Crippen molar-refractivity contribution in [1.82, 2.24) is 9.55 Å². The summed E-state index contributed by atoms with van der Waals surface area (Å²) < 4.78 is 2.07. The Balaban J connectivity index is 1.26. The van der Waals surface area contributed by atoms with Gasteiger partial charge in [-0.3, -0.25) is 14.6 Å². The number of nitrogens with zero attached hydrogens (tertiary/aromatic N) is 2. The van der Waals surface area contributed by atoms with Crippen molar-refractivity contribution in [3.8, 4) is 11.1 Å². The van der Waals surface area contributed by atoms with Gasteiger partial charge < -0.3 is 15.2 Å². The lowest BCUT2D eigenvalue weighted by Gasteiger charge is -2.19. The number of hydrogen-bond acceptors (Lipinski definition) is 4. The van der Waals surface area contributed by atoms with Gasteiger partial charge in [0.15, 0.2) is 5.78 Å². The number of carbonyl (C=O) groups excluding carboxylic acids is 2. The number of amides is 1. The minimum atomic E-state index is -0.599. The molecule has 2 N–H and O–H groups in total. The molecule has 0 spiro atoms. The summed E-state index contributed by atoms with van der Waals surface area (Å²) in [4.78, 5) is 31.1. The molecular formula is C31H23ClN4O2. The summed E-state index contributed by atoms with van der Waals surface area (Å²) in [5.41, 5.74) is 5.91. The topological polar surface area (TPSA) is 76.0 Å². The third kappa shape index (κ3) is 4.46. The second kappa shape index (κ2) is 10.00. The van der Waals surface area contributed by atoms with Crippen molar-refractivity contribution in [3.05, 3.63) is 137 Å². The predicted octanol–water partition coefficient (Wildman–Crippen LogP) is 6.85. The first kappa shape index (κ1) is 23.7. The zero-order chi connectivity index (χ0) is 26.1. The van der Waals surface area contributed by atoms with Crippen molar-refractivity contribution in [3.63, 3.8) is 0 Å². The van der Waals surface area contributed by atoms with E-state index in [1.165, 1.54) is 0 Å². The highest BCUT2D eigenvalue weighted by Crippen LogP contribution is 2.33. The highest BCUT2D eigenvalue weighted by molar-refractivity contribution is 6.34. The number of halogens is 1. The maximum absolute atomic E-state index is 13.7. The van der Waals surface area contributed by atoms with Gasteiger partial charge in [0.1, 0.15) is 6.04 Å². The van der Waals surface area contributed by atoms with Crippen LogP contribution in [-0.2, 0) is 6.54 Å². The van der Waals surface area contributed by atoms with Crippen LogP contribution in [-0.4, -0.2) is 21.2 Å². The number of Topliss-reactive ketones (excluding diaryl/α,β-unsaturated/α-hetero) is 1. The van der Waals surface area contributed by atoms with Gasteiger partial charge in [0.25, 0.3) is 5.91 Å². The van der Waals surface area contributed by atoms with Gasteiger partial charge in [-0.05, 0) is 59.7 Å². The Labute approximate surface area is 224 Å². The van der Waals surface area contributed by atoms with E-state index < -0.39 is 6.04 Å². The molecule has 38 heavy (non-hydrogen) atoms. The number of fused-ring (bicyclic) bond motifs is 2. The molecule has 3 aromatic carbocycles. The molecule has 2 aromatic heterocycles. The summed E-state index contributed by atoms with van der Waals surface area (Å²) in [5.74, 6) is -0.425. The number of pyridine rings is 1. The summed E-state index contributed by atoms with van der Waals surface area (Å²) in [6.45, 7) is 0.675. The fourth-order valence-corrected chi connectivity index (χ4v) is 5.12. The molecule has 0 radical (unpaired) electrons. The molecule has 0 saturated carbocycles. The highest BCUT2D eigenvalue weighted by atomic mass is 35.5. The number of benzene rings is 3. The first-order valence-electron chi connectivity index (χ1n) is 12.2. The number of ketones is 1. The summed E-state index contributed by atoms with van der Waals surface area (Å²) in [6.07, 6.45) is 5.39. The molecule has 0 fully saturated rings. The van der Waals surface area contributed by atoms with Crippen LogP contribution in [0.2, 0.25) is 5.02 Å². The van der Waals surface area contributed by atoms with Gasteiger partial charge in [-0.25, -0.2) is 0 Å². The Morgan fingerprint density at radius 2 is 1.76 bits per heavy atom. The lowest BCUT2D eigenvalue weighted by molar-refractivity contribution is 0.0966. The lowest BCUT2D eigenvalue weighted by Crippen LogP contribution is -2.22. The smallest absolute Gasteiger partial charge is 0.256 e. The molecule has 5 aromatic rings. The van der Waals surface area contributed by atoms with Gasteiger partial charge in [0.05, 0.1) is 5.02 Å². The summed E-state index contributed by atoms with van der Waals surface area (Å²) in [7, 11) is 0. The molecule has 1 unspecified atom stereocenters. The molecule has 1 atom stereocenters. The van der Waals surface area contributed by atoms with Crippen LogP contribution in [0.1, 0.15) is 38.0 Å². The molecule has 7 heteroatoms. The normalized spacial score (nSPS) is 14.0. The molecule has 186 valence electrons. The molecule has 6 rings (SSSR count). The lowest BCUT2D eigenvalue weighted by atomic mass is 9.99. The van der Waals surface area contributed by atoms with Crippen molar-refractivity contribution >= 4 is 34.7 Å². The molecule has 1 aliphatic heterocycles. The van der Waals surface area contributed by atoms with Gasteiger partial charge in [-0.1, -0.05) is 54.1 Å². The van der Waals surface area contributed by atoms with Gasteiger partial charge >= 0.3 is 0 Å². The molecule has 1 aliphatic rings. The molecule has 6 nitrogen and oxygen atoms in total. The zero-order valence-corrected chi connectivity index (χ0v) is 21.0. The van der Waals surface area contributed by atoms with E-state index in [-0.39, 0.29) is 16.7 Å². The van der Waals surface area contributed by atoms with Crippen molar-refractivity contribution in [2.24, 2.45) is 0 Å². The van der Waals surface area contributed by atoms with Crippen LogP contribution < -0.4 is 10.6 Å². The van der Waals surface area contributed by atoms with E-state index in [1.54, 1.807) is 36.7 Å². The largest absolute Gasteiger partial charge is 0.370 e. The van der Waals surface area contributed by atoms with Crippen molar-refractivity contribution in [2.45, 2.75) is 12.6 Å². The fourth-order valence-electron chi connectivity index (χ4n) is 4.85. The van der Waals surface area contributed by atoms with Crippen LogP contribution in [0.4, 0.5) is 11.4 Å². The Bertz CT molecular complexity index is 1660. The SMILES string of the molecule is O=C(Nc1ccc(C(=O)C2Nc3ccccc3Cn3cccc32)c(Cl)c1)c1ccccc1-c1cccnc1. The first-order valence-corrected chi connectivity index (χ1v) is 12.6. The predicted molar refractivity (Wildman–Crippen MR) is 150 cm³/mol. The first-order chi connectivity index (χ1) is 18.6. The van der Waals surface area contributed by atoms with Gasteiger partial charge in [0.2, 0.25) is 0 Å². The molecule has 0 aliphatic carbocycles. The van der Waals surface area contributed by atoms with Crippen molar-refractivity contribution in [1.29, 1.82) is 0 Å².